The lowest BCUT2D eigenvalue weighted by atomic mass is 9.99. The van der Waals surface area contributed by atoms with Gasteiger partial charge >= 0.3 is 0 Å². The molecule has 3 heteroatoms. The maximum Gasteiger partial charge on any atom is 0.136 e. The standard InChI is InChI=1S/C40H25NOS/c1-2-8-30(9-3-1)41(32-20-21-35-34-11-5-7-13-39(34)43-40(35)25-32)31-18-16-26(17-19-31)27-14-15-28-24-38-36(23-29(28)22-27)33-10-4-6-12-37(33)42-38/h1-25H. The minimum absolute atomic E-state index is 0.929. The second-order valence-corrected chi connectivity index (χ2v) is 12.1. The molecule has 0 radical (unpaired) electrons. The molecule has 2 heterocycles. The fraction of sp³-hybridized carbons (Fsp3) is 0. The highest BCUT2D eigenvalue weighted by Gasteiger charge is 2.15. The van der Waals surface area contributed by atoms with Crippen molar-refractivity contribution in [2.75, 3.05) is 4.90 Å². The van der Waals surface area contributed by atoms with Crippen LogP contribution in [0.4, 0.5) is 17.1 Å². The van der Waals surface area contributed by atoms with Crippen LogP contribution in [-0.4, -0.2) is 0 Å². The Balaban J connectivity index is 1.12. The van der Waals surface area contributed by atoms with Crippen LogP contribution in [0.15, 0.2) is 156 Å². The van der Waals surface area contributed by atoms with E-state index in [9.17, 15) is 0 Å². The third-order valence-corrected chi connectivity index (χ3v) is 9.56. The summed E-state index contributed by atoms with van der Waals surface area (Å²) in [7, 11) is 0. The maximum absolute atomic E-state index is 6.12. The number of thiophene rings is 1. The molecular weight excluding hydrogens is 543 g/mol. The van der Waals surface area contributed by atoms with Crippen LogP contribution in [0.5, 0.6) is 0 Å². The zero-order valence-electron chi connectivity index (χ0n) is 23.2. The summed E-state index contributed by atoms with van der Waals surface area (Å²) < 4.78 is 8.74. The van der Waals surface area contributed by atoms with Crippen molar-refractivity contribution >= 4 is 81.3 Å². The normalized spacial score (nSPS) is 11.7. The molecule has 0 saturated heterocycles. The summed E-state index contributed by atoms with van der Waals surface area (Å²) in [6.07, 6.45) is 0. The van der Waals surface area contributed by atoms with Crippen LogP contribution in [-0.2, 0) is 0 Å². The average molecular weight is 568 g/mol. The van der Waals surface area contributed by atoms with Gasteiger partial charge in [0.25, 0.3) is 0 Å². The number of nitrogens with zero attached hydrogens (tertiary/aromatic N) is 1. The molecule has 9 aromatic rings. The number of furan rings is 1. The molecule has 0 amide bonds. The van der Waals surface area contributed by atoms with Crippen molar-refractivity contribution in [2.45, 2.75) is 0 Å². The molecule has 0 N–H and O–H groups in total. The zero-order chi connectivity index (χ0) is 28.3. The first-order valence-electron chi connectivity index (χ1n) is 14.5. The number of hydrogen-bond acceptors (Lipinski definition) is 3. The van der Waals surface area contributed by atoms with Gasteiger partial charge in [0.15, 0.2) is 0 Å². The third-order valence-electron chi connectivity index (χ3n) is 8.43. The van der Waals surface area contributed by atoms with E-state index in [1.54, 1.807) is 0 Å². The first-order valence-corrected chi connectivity index (χ1v) is 15.3. The van der Waals surface area contributed by atoms with Gasteiger partial charge in [0.2, 0.25) is 0 Å². The van der Waals surface area contributed by atoms with E-state index in [2.05, 4.69) is 144 Å². The van der Waals surface area contributed by atoms with E-state index in [0.717, 1.165) is 39.0 Å². The molecule has 2 nitrogen and oxygen atoms in total. The number of benzene rings is 7. The van der Waals surface area contributed by atoms with Crippen LogP contribution in [0, 0.1) is 0 Å². The van der Waals surface area contributed by atoms with Crippen molar-refractivity contribution in [1.29, 1.82) is 0 Å². The fourth-order valence-corrected chi connectivity index (χ4v) is 7.47. The molecule has 0 aliphatic carbocycles. The number of fused-ring (bicyclic) bond motifs is 7. The predicted octanol–water partition coefficient (Wildman–Crippen LogP) is 12.2. The molecule has 0 spiro atoms. The summed E-state index contributed by atoms with van der Waals surface area (Å²) in [6.45, 7) is 0. The molecule has 202 valence electrons. The van der Waals surface area contributed by atoms with Crippen LogP contribution in [0.3, 0.4) is 0 Å². The van der Waals surface area contributed by atoms with Gasteiger partial charge in [-0.3, -0.25) is 0 Å². The molecule has 7 aromatic carbocycles. The molecule has 0 fully saturated rings. The monoisotopic (exact) mass is 567 g/mol. The molecule has 0 saturated carbocycles. The number of rotatable bonds is 4. The maximum atomic E-state index is 6.12. The average Bonchev–Trinajstić information content (AvgIpc) is 3.62. The zero-order valence-corrected chi connectivity index (χ0v) is 24.0. The minimum atomic E-state index is 0.929. The van der Waals surface area contributed by atoms with Gasteiger partial charge in [0, 0.05) is 48.0 Å². The fourth-order valence-electron chi connectivity index (χ4n) is 6.33. The summed E-state index contributed by atoms with van der Waals surface area (Å²) in [5, 5.41) is 7.34. The summed E-state index contributed by atoms with van der Waals surface area (Å²) in [5.74, 6) is 0. The van der Waals surface area contributed by atoms with Crippen LogP contribution in [0.1, 0.15) is 0 Å². The lowest BCUT2D eigenvalue weighted by Crippen LogP contribution is -2.09. The minimum Gasteiger partial charge on any atom is -0.456 e. The van der Waals surface area contributed by atoms with E-state index in [-0.39, 0.29) is 0 Å². The van der Waals surface area contributed by atoms with Crippen molar-refractivity contribution < 1.29 is 4.42 Å². The largest absolute Gasteiger partial charge is 0.456 e. The second-order valence-electron chi connectivity index (χ2n) is 11.0. The highest BCUT2D eigenvalue weighted by Crippen LogP contribution is 2.41. The summed E-state index contributed by atoms with van der Waals surface area (Å²) in [4.78, 5) is 2.34. The molecule has 2 aromatic heterocycles. The quantitative estimate of drug-likeness (QED) is 0.210. The number of para-hydroxylation sites is 2. The van der Waals surface area contributed by atoms with Crippen LogP contribution in [0.25, 0.3) is 64.0 Å². The first-order chi connectivity index (χ1) is 21.3. The topological polar surface area (TPSA) is 16.4 Å². The van der Waals surface area contributed by atoms with Crippen LogP contribution >= 0.6 is 11.3 Å². The SMILES string of the molecule is c1ccc(N(c2ccc(-c3ccc4cc5oc6ccccc6c5cc4c3)cc2)c2ccc3c(c2)sc2ccccc23)cc1. The predicted molar refractivity (Wildman–Crippen MR) is 184 cm³/mol. The Hall–Kier alpha value is -5.38. The van der Waals surface area contributed by atoms with E-state index < -0.39 is 0 Å². The number of anilines is 3. The third kappa shape index (κ3) is 4.01. The molecule has 0 atom stereocenters. The lowest BCUT2D eigenvalue weighted by Gasteiger charge is -2.25. The summed E-state index contributed by atoms with van der Waals surface area (Å²) in [5.41, 5.74) is 7.67. The van der Waals surface area contributed by atoms with Crippen molar-refractivity contribution in [3.63, 3.8) is 0 Å². The molecule has 9 rings (SSSR count). The van der Waals surface area contributed by atoms with Crippen LogP contribution in [0.2, 0.25) is 0 Å². The highest BCUT2D eigenvalue weighted by molar-refractivity contribution is 7.25. The first kappa shape index (κ1) is 24.2. The van der Waals surface area contributed by atoms with Crippen molar-refractivity contribution in [3.05, 3.63) is 152 Å². The molecule has 0 aliphatic rings. The van der Waals surface area contributed by atoms with E-state index >= 15 is 0 Å². The number of hydrogen-bond donors (Lipinski definition) is 0. The van der Waals surface area contributed by atoms with Gasteiger partial charge in [0.05, 0.1) is 0 Å². The molecule has 0 aliphatic heterocycles. The Morgan fingerprint density at radius 1 is 0.395 bits per heavy atom. The van der Waals surface area contributed by atoms with Gasteiger partial charge in [-0.1, -0.05) is 84.9 Å². The second kappa shape index (κ2) is 9.59. The highest BCUT2D eigenvalue weighted by atomic mass is 32.1. The van der Waals surface area contributed by atoms with E-state index in [0.29, 0.717) is 0 Å². The van der Waals surface area contributed by atoms with Crippen molar-refractivity contribution in [1.82, 2.24) is 0 Å². The lowest BCUT2D eigenvalue weighted by molar-refractivity contribution is 0.669. The summed E-state index contributed by atoms with van der Waals surface area (Å²) >= 11 is 1.85. The van der Waals surface area contributed by atoms with Gasteiger partial charge in [0.1, 0.15) is 11.2 Å². The molecular formula is C40H25NOS. The van der Waals surface area contributed by atoms with Gasteiger partial charge in [-0.05, 0) is 88.6 Å². The van der Waals surface area contributed by atoms with E-state index in [1.807, 2.05) is 23.5 Å². The smallest absolute Gasteiger partial charge is 0.136 e. The van der Waals surface area contributed by atoms with E-state index in [1.165, 1.54) is 42.1 Å². The van der Waals surface area contributed by atoms with Gasteiger partial charge < -0.3 is 9.32 Å². The van der Waals surface area contributed by atoms with Gasteiger partial charge in [-0.25, -0.2) is 0 Å². The molecule has 0 bridgehead atoms. The Morgan fingerprint density at radius 2 is 1.09 bits per heavy atom. The Bertz CT molecular complexity index is 2450. The van der Waals surface area contributed by atoms with Crippen molar-refractivity contribution in [3.8, 4) is 11.1 Å². The van der Waals surface area contributed by atoms with Gasteiger partial charge in [-0.2, -0.15) is 0 Å². The van der Waals surface area contributed by atoms with E-state index in [4.69, 9.17) is 4.42 Å². The Labute approximate surface area is 252 Å². The molecule has 0 unspecified atom stereocenters. The Morgan fingerprint density at radius 3 is 1.98 bits per heavy atom. The Kier molecular flexibility index (Phi) is 5.40. The molecule has 43 heavy (non-hydrogen) atoms. The van der Waals surface area contributed by atoms with Crippen LogP contribution < -0.4 is 4.90 Å². The summed E-state index contributed by atoms with van der Waals surface area (Å²) in [6, 6.07) is 54.4. The van der Waals surface area contributed by atoms with Gasteiger partial charge in [-0.15, -0.1) is 11.3 Å². The van der Waals surface area contributed by atoms with Crippen molar-refractivity contribution in [2.24, 2.45) is 0 Å².